The third-order valence-corrected chi connectivity index (χ3v) is 4.32. The topological polar surface area (TPSA) is 84.1 Å². The monoisotopic (exact) mass is 331 g/mol. The van der Waals surface area contributed by atoms with E-state index in [0.29, 0.717) is 55.2 Å². The lowest BCUT2D eigenvalue weighted by Crippen LogP contribution is -2.41. The van der Waals surface area contributed by atoms with E-state index < -0.39 is 12.0 Å². The number of amides is 1. The molecule has 1 N–H and O–H groups in total. The molecule has 3 rings (SSSR count). The van der Waals surface area contributed by atoms with Gasteiger partial charge in [0, 0.05) is 12.7 Å². The van der Waals surface area contributed by atoms with Gasteiger partial charge in [0.15, 0.2) is 11.4 Å². The number of fused-ring (bicyclic) bond motifs is 1. The summed E-state index contributed by atoms with van der Waals surface area (Å²) >= 11 is 0. The fourth-order valence-corrected chi connectivity index (χ4v) is 3.23. The molecule has 1 fully saturated rings. The summed E-state index contributed by atoms with van der Waals surface area (Å²) in [5.41, 5.74) is 1.68. The van der Waals surface area contributed by atoms with Gasteiger partial charge in [0.25, 0.3) is 5.91 Å². The zero-order chi connectivity index (χ0) is 17.3. The molecule has 1 atom stereocenters. The standard InChI is InChI=1S/C17H21N3O4/c1-3-11-14(16(21)19-9-5-7-12(19)17(22)23)20-10-6-8-13(24-4-2)15(20)18-11/h6,8,10,12H,3-5,7,9H2,1-2H3,(H,22,23). The average molecular weight is 331 g/mol. The molecule has 1 unspecified atom stereocenters. The van der Waals surface area contributed by atoms with Gasteiger partial charge in [-0.2, -0.15) is 0 Å². The number of ether oxygens (including phenoxy) is 1. The lowest BCUT2D eigenvalue weighted by Gasteiger charge is -2.21. The molecule has 128 valence electrons. The summed E-state index contributed by atoms with van der Waals surface area (Å²) < 4.78 is 7.31. The van der Waals surface area contributed by atoms with Crippen LogP contribution in [-0.4, -0.2) is 50.5 Å². The molecule has 7 nitrogen and oxygen atoms in total. The molecule has 2 aromatic rings. The highest BCUT2D eigenvalue weighted by atomic mass is 16.5. The van der Waals surface area contributed by atoms with Gasteiger partial charge < -0.3 is 14.7 Å². The normalized spacial score (nSPS) is 17.4. The second-order valence-electron chi connectivity index (χ2n) is 5.75. The van der Waals surface area contributed by atoms with Gasteiger partial charge >= 0.3 is 5.97 Å². The molecule has 0 aliphatic carbocycles. The summed E-state index contributed by atoms with van der Waals surface area (Å²) in [5.74, 6) is -0.620. The lowest BCUT2D eigenvalue weighted by molar-refractivity contribution is -0.141. The first-order chi connectivity index (χ1) is 11.6. The summed E-state index contributed by atoms with van der Waals surface area (Å²) in [7, 11) is 0. The first-order valence-corrected chi connectivity index (χ1v) is 8.25. The predicted octanol–water partition coefficient (Wildman–Crippen LogP) is 1.98. The van der Waals surface area contributed by atoms with Crippen molar-refractivity contribution in [2.75, 3.05) is 13.2 Å². The van der Waals surface area contributed by atoms with Crippen molar-refractivity contribution in [2.24, 2.45) is 0 Å². The largest absolute Gasteiger partial charge is 0.490 e. The maximum atomic E-state index is 13.0. The predicted molar refractivity (Wildman–Crippen MR) is 87.4 cm³/mol. The minimum atomic E-state index is -0.956. The van der Waals surface area contributed by atoms with Gasteiger partial charge in [-0.1, -0.05) is 6.92 Å². The van der Waals surface area contributed by atoms with E-state index in [4.69, 9.17) is 4.74 Å². The number of nitrogens with zero attached hydrogens (tertiary/aromatic N) is 3. The number of hydrogen-bond donors (Lipinski definition) is 1. The average Bonchev–Trinajstić information content (AvgIpc) is 3.19. The smallest absolute Gasteiger partial charge is 0.326 e. The van der Waals surface area contributed by atoms with Crippen LogP contribution in [0.4, 0.5) is 0 Å². The van der Waals surface area contributed by atoms with E-state index in [1.807, 2.05) is 19.9 Å². The molecule has 0 radical (unpaired) electrons. The molecule has 0 saturated carbocycles. The van der Waals surface area contributed by atoms with Gasteiger partial charge in [0.1, 0.15) is 11.7 Å². The van der Waals surface area contributed by atoms with Crippen molar-refractivity contribution in [1.82, 2.24) is 14.3 Å². The number of pyridine rings is 1. The van der Waals surface area contributed by atoms with E-state index in [2.05, 4.69) is 4.98 Å². The number of hydrogen-bond acceptors (Lipinski definition) is 4. The van der Waals surface area contributed by atoms with Crippen molar-refractivity contribution in [2.45, 2.75) is 39.2 Å². The Morgan fingerprint density at radius 1 is 1.42 bits per heavy atom. The first kappa shape index (κ1) is 16.3. The van der Waals surface area contributed by atoms with E-state index in [9.17, 15) is 14.7 Å². The van der Waals surface area contributed by atoms with Crippen molar-refractivity contribution < 1.29 is 19.4 Å². The van der Waals surface area contributed by atoms with Crippen molar-refractivity contribution in [3.8, 4) is 5.75 Å². The molecule has 1 amide bonds. The maximum Gasteiger partial charge on any atom is 0.326 e. The Bertz CT molecular complexity index is 783. The van der Waals surface area contributed by atoms with Crippen molar-refractivity contribution >= 4 is 17.5 Å². The summed E-state index contributed by atoms with van der Waals surface area (Å²) in [6, 6.07) is 2.85. The molecule has 0 bridgehead atoms. The van der Waals surface area contributed by atoms with Crippen LogP contribution < -0.4 is 4.74 Å². The number of carbonyl (C=O) groups is 2. The van der Waals surface area contributed by atoms with Crippen LogP contribution in [0.1, 0.15) is 42.9 Å². The van der Waals surface area contributed by atoms with Crippen molar-refractivity contribution in [3.63, 3.8) is 0 Å². The SMILES string of the molecule is CCOc1cccn2c(C(=O)N3CCCC3C(=O)O)c(CC)nc12. The number of likely N-dealkylation sites (tertiary alicyclic amines) is 1. The molecule has 1 aliphatic rings. The lowest BCUT2D eigenvalue weighted by atomic mass is 10.2. The van der Waals surface area contributed by atoms with Crippen LogP contribution in [0.5, 0.6) is 5.75 Å². The molecule has 24 heavy (non-hydrogen) atoms. The van der Waals surface area contributed by atoms with E-state index in [1.165, 1.54) is 4.90 Å². The fraction of sp³-hybridized carbons (Fsp3) is 0.471. The molecular weight excluding hydrogens is 310 g/mol. The van der Waals surface area contributed by atoms with E-state index in [0.717, 1.165) is 0 Å². The molecule has 1 saturated heterocycles. The Kier molecular flexibility index (Phi) is 4.42. The van der Waals surface area contributed by atoms with Crippen LogP contribution in [0.3, 0.4) is 0 Å². The number of carboxylic acids is 1. The Labute approximate surface area is 139 Å². The van der Waals surface area contributed by atoms with Gasteiger partial charge in [-0.25, -0.2) is 9.78 Å². The van der Waals surface area contributed by atoms with Crippen LogP contribution in [0.2, 0.25) is 0 Å². The van der Waals surface area contributed by atoms with E-state index in [1.54, 1.807) is 16.7 Å². The van der Waals surface area contributed by atoms with Gasteiger partial charge in [-0.3, -0.25) is 9.20 Å². The van der Waals surface area contributed by atoms with Gasteiger partial charge in [0.2, 0.25) is 0 Å². The second-order valence-corrected chi connectivity index (χ2v) is 5.75. The van der Waals surface area contributed by atoms with Gasteiger partial charge in [-0.15, -0.1) is 0 Å². The van der Waals surface area contributed by atoms with Crippen LogP contribution in [-0.2, 0) is 11.2 Å². The van der Waals surface area contributed by atoms with Crippen LogP contribution in [0.15, 0.2) is 18.3 Å². The molecule has 7 heteroatoms. The van der Waals surface area contributed by atoms with Crippen molar-refractivity contribution in [1.29, 1.82) is 0 Å². The first-order valence-electron chi connectivity index (χ1n) is 8.25. The molecule has 3 heterocycles. The number of carboxylic acid groups (broad SMARTS) is 1. The molecule has 1 aliphatic heterocycles. The van der Waals surface area contributed by atoms with E-state index >= 15 is 0 Å². The molecule has 0 aromatic carbocycles. The number of rotatable bonds is 5. The maximum absolute atomic E-state index is 13.0. The van der Waals surface area contributed by atoms with Crippen LogP contribution in [0, 0.1) is 0 Å². The number of aromatic nitrogens is 2. The zero-order valence-electron chi connectivity index (χ0n) is 13.9. The Balaban J connectivity index is 2.09. The third kappa shape index (κ3) is 2.60. The minimum absolute atomic E-state index is 0.280. The summed E-state index contributed by atoms with van der Waals surface area (Å²) in [6.07, 6.45) is 3.54. The van der Waals surface area contributed by atoms with Crippen LogP contribution >= 0.6 is 0 Å². The highest BCUT2D eigenvalue weighted by molar-refractivity contribution is 5.97. The Hall–Kier alpha value is -2.57. The molecular formula is C17H21N3O4. The summed E-state index contributed by atoms with van der Waals surface area (Å²) in [5, 5.41) is 9.35. The third-order valence-electron chi connectivity index (χ3n) is 4.32. The Morgan fingerprint density at radius 3 is 2.88 bits per heavy atom. The highest BCUT2D eigenvalue weighted by Crippen LogP contribution is 2.26. The Morgan fingerprint density at radius 2 is 2.21 bits per heavy atom. The zero-order valence-corrected chi connectivity index (χ0v) is 13.9. The summed E-state index contributed by atoms with van der Waals surface area (Å²) in [6.45, 7) is 4.78. The summed E-state index contributed by atoms with van der Waals surface area (Å²) in [4.78, 5) is 30.5. The minimum Gasteiger partial charge on any atom is -0.490 e. The second kappa shape index (κ2) is 6.51. The van der Waals surface area contributed by atoms with Crippen LogP contribution in [0.25, 0.3) is 5.65 Å². The van der Waals surface area contributed by atoms with Crippen molar-refractivity contribution in [3.05, 3.63) is 29.7 Å². The number of aryl methyl sites for hydroxylation is 1. The van der Waals surface area contributed by atoms with Gasteiger partial charge in [0.05, 0.1) is 12.3 Å². The molecule has 0 spiro atoms. The molecule has 2 aromatic heterocycles. The number of imidazole rings is 1. The highest BCUT2D eigenvalue weighted by Gasteiger charge is 2.36. The number of carbonyl (C=O) groups excluding carboxylic acids is 1. The van der Waals surface area contributed by atoms with E-state index in [-0.39, 0.29) is 5.91 Å². The quantitative estimate of drug-likeness (QED) is 0.906. The van der Waals surface area contributed by atoms with Gasteiger partial charge in [-0.05, 0) is 38.3 Å². The number of aliphatic carboxylic acids is 1. The fourth-order valence-electron chi connectivity index (χ4n) is 3.23.